The lowest BCUT2D eigenvalue weighted by atomic mass is 9.95. The van der Waals surface area contributed by atoms with Crippen LogP contribution in [-0.2, 0) is 20.7 Å². The second-order valence-electron chi connectivity index (χ2n) is 8.75. The molecule has 34 heavy (non-hydrogen) atoms. The lowest BCUT2D eigenvalue weighted by Gasteiger charge is -2.24. The number of alkyl carbamates (subject to hydrolysis) is 1. The average Bonchev–Trinajstić information content (AvgIpc) is 2.97. The topological polar surface area (TPSA) is 114 Å². The highest BCUT2D eigenvalue weighted by Gasteiger charge is 2.27. The Hall–Kier alpha value is -3.39. The molecule has 1 heterocycles. The van der Waals surface area contributed by atoms with Crippen molar-refractivity contribution in [2.75, 3.05) is 24.5 Å². The first-order chi connectivity index (χ1) is 16.3. The zero-order valence-electron chi connectivity index (χ0n) is 20.1. The van der Waals surface area contributed by atoms with Crippen LogP contribution < -0.4 is 21.3 Å². The fraction of sp³-hybridized carbons (Fsp3) is 0.423. The number of hydrogen-bond donors (Lipinski definition) is 3. The maximum Gasteiger partial charge on any atom is 0.407 e. The van der Waals surface area contributed by atoms with Crippen LogP contribution in [0.25, 0.3) is 11.1 Å². The van der Waals surface area contributed by atoms with E-state index in [-0.39, 0.29) is 24.0 Å². The number of hydrogen-bond acceptors (Lipinski definition) is 5. The molecule has 3 rings (SSSR count). The molecule has 0 bridgehead atoms. The van der Waals surface area contributed by atoms with Crippen LogP contribution >= 0.6 is 0 Å². The summed E-state index contributed by atoms with van der Waals surface area (Å²) in [6.45, 7) is 6.64. The lowest BCUT2D eigenvalue weighted by Crippen LogP contribution is -2.31. The SMILES string of the molecule is CC(=O)N1CCCC(NC(=O)OC(C)C)c2cc(-c3ccc(CC(=O)NCCN)cc3)ccc21. The maximum absolute atomic E-state index is 12.4. The van der Waals surface area contributed by atoms with Gasteiger partial charge in [0.2, 0.25) is 11.8 Å². The highest BCUT2D eigenvalue weighted by atomic mass is 16.6. The van der Waals surface area contributed by atoms with Crippen LogP contribution in [0.4, 0.5) is 10.5 Å². The van der Waals surface area contributed by atoms with E-state index in [0.29, 0.717) is 32.5 Å². The molecule has 182 valence electrons. The van der Waals surface area contributed by atoms with E-state index in [4.69, 9.17) is 10.5 Å². The average molecular weight is 467 g/mol. The first kappa shape index (κ1) is 25.2. The van der Waals surface area contributed by atoms with Crippen molar-refractivity contribution in [2.24, 2.45) is 5.73 Å². The Morgan fingerprint density at radius 3 is 2.47 bits per heavy atom. The number of anilines is 1. The standard InChI is InChI=1S/C26H34N4O4/c1-17(2)34-26(33)29-23-5-4-14-30(18(3)31)24-11-10-21(16-22(23)24)20-8-6-19(7-9-20)15-25(32)28-13-12-27/h6-11,16-17,23H,4-5,12-15,27H2,1-3H3,(H,28,32)(H,29,33). The van der Waals surface area contributed by atoms with E-state index in [1.807, 2.05) is 56.3 Å². The molecular formula is C26H34N4O4. The van der Waals surface area contributed by atoms with Gasteiger partial charge in [-0.15, -0.1) is 0 Å². The smallest absolute Gasteiger partial charge is 0.407 e. The minimum Gasteiger partial charge on any atom is -0.447 e. The highest BCUT2D eigenvalue weighted by Crippen LogP contribution is 2.36. The summed E-state index contributed by atoms with van der Waals surface area (Å²) in [5, 5.41) is 5.75. The normalized spacial score (nSPS) is 15.3. The molecular weight excluding hydrogens is 432 g/mol. The molecule has 1 aliphatic rings. The van der Waals surface area contributed by atoms with E-state index in [0.717, 1.165) is 34.4 Å². The number of carbonyl (C=O) groups excluding carboxylic acids is 3. The van der Waals surface area contributed by atoms with E-state index in [2.05, 4.69) is 10.6 Å². The molecule has 8 heteroatoms. The van der Waals surface area contributed by atoms with Crippen molar-refractivity contribution in [1.82, 2.24) is 10.6 Å². The summed E-state index contributed by atoms with van der Waals surface area (Å²) in [5.74, 6) is -0.0913. The van der Waals surface area contributed by atoms with Gasteiger partial charge in [0.05, 0.1) is 18.6 Å². The van der Waals surface area contributed by atoms with E-state index >= 15 is 0 Å². The van der Waals surface area contributed by atoms with Gasteiger partial charge in [-0.3, -0.25) is 9.59 Å². The van der Waals surface area contributed by atoms with Crippen LogP contribution in [0.1, 0.15) is 50.8 Å². The number of rotatable bonds is 7. The van der Waals surface area contributed by atoms with Crippen LogP contribution in [0, 0.1) is 0 Å². The largest absolute Gasteiger partial charge is 0.447 e. The molecule has 0 saturated heterocycles. The molecule has 8 nitrogen and oxygen atoms in total. The summed E-state index contributed by atoms with van der Waals surface area (Å²) in [6, 6.07) is 13.5. The van der Waals surface area contributed by atoms with Gasteiger partial charge < -0.3 is 26.0 Å². The minimum atomic E-state index is -0.468. The summed E-state index contributed by atoms with van der Waals surface area (Å²) in [6.07, 6.45) is 1.06. The third-order valence-electron chi connectivity index (χ3n) is 5.70. The molecule has 3 amide bonds. The van der Waals surface area contributed by atoms with Gasteiger partial charge in [-0.1, -0.05) is 30.3 Å². The molecule has 2 aromatic carbocycles. The van der Waals surface area contributed by atoms with Gasteiger partial charge in [0, 0.05) is 32.2 Å². The molecule has 0 aromatic heterocycles. The minimum absolute atomic E-state index is 0.0309. The second-order valence-corrected chi connectivity index (χ2v) is 8.75. The van der Waals surface area contributed by atoms with Crippen molar-refractivity contribution in [1.29, 1.82) is 0 Å². The van der Waals surface area contributed by atoms with Crippen LogP contribution in [-0.4, -0.2) is 43.6 Å². The summed E-state index contributed by atoms with van der Waals surface area (Å²) in [7, 11) is 0. The molecule has 0 fully saturated rings. The van der Waals surface area contributed by atoms with Gasteiger partial charge in [-0.2, -0.15) is 0 Å². The molecule has 2 aromatic rings. The summed E-state index contributed by atoms with van der Waals surface area (Å²) in [4.78, 5) is 38.4. The Labute approximate surface area is 200 Å². The molecule has 0 spiro atoms. The van der Waals surface area contributed by atoms with Gasteiger partial charge >= 0.3 is 6.09 Å². The fourth-order valence-corrected chi connectivity index (χ4v) is 4.13. The number of amides is 3. The second kappa shape index (κ2) is 11.7. The van der Waals surface area contributed by atoms with Crippen LogP contribution in [0.15, 0.2) is 42.5 Å². The van der Waals surface area contributed by atoms with Crippen LogP contribution in [0.5, 0.6) is 0 Å². The molecule has 1 unspecified atom stereocenters. The van der Waals surface area contributed by atoms with Crippen molar-refractivity contribution < 1.29 is 19.1 Å². The van der Waals surface area contributed by atoms with E-state index in [1.165, 1.54) is 0 Å². The third kappa shape index (κ3) is 6.57. The monoisotopic (exact) mass is 466 g/mol. The zero-order chi connectivity index (χ0) is 24.7. The summed E-state index contributed by atoms with van der Waals surface area (Å²) in [5.41, 5.74) is 9.97. The third-order valence-corrected chi connectivity index (χ3v) is 5.70. The van der Waals surface area contributed by atoms with E-state index in [1.54, 1.807) is 11.8 Å². The van der Waals surface area contributed by atoms with Crippen molar-refractivity contribution in [3.8, 4) is 11.1 Å². The maximum atomic E-state index is 12.4. The Morgan fingerprint density at radius 1 is 1.12 bits per heavy atom. The number of nitrogens with one attached hydrogen (secondary N) is 2. The van der Waals surface area contributed by atoms with Crippen molar-refractivity contribution >= 4 is 23.6 Å². The zero-order valence-corrected chi connectivity index (χ0v) is 20.1. The molecule has 4 N–H and O–H groups in total. The van der Waals surface area contributed by atoms with Gasteiger partial charge in [-0.25, -0.2) is 4.79 Å². The highest BCUT2D eigenvalue weighted by molar-refractivity contribution is 5.93. The predicted octanol–water partition coefficient (Wildman–Crippen LogP) is 3.29. The van der Waals surface area contributed by atoms with Crippen molar-refractivity contribution in [3.63, 3.8) is 0 Å². The number of nitrogens with zero attached hydrogens (tertiary/aromatic N) is 1. The van der Waals surface area contributed by atoms with Crippen molar-refractivity contribution in [2.45, 2.75) is 52.2 Å². The number of fused-ring (bicyclic) bond motifs is 1. The predicted molar refractivity (Wildman–Crippen MR) is 132 cm³/mol. The van der Waals surface area contributed by atoms with Gasteiger partial charge in [-0.05, 0) is 61.1 Å². The quantitative estimate of drug-likeness (QED) is 0.579. The summed E-state index contributed by atoms with van der Waals surface area (Å²) < 4.78 is 5.30. The number of ether oxygens (including phenoxy) is 1. The Kier molecular flexibility index (Phi) is 8.65. The number of nitrogens with two attached hydrogens (primary N) is 1. The first-order valence-corrected chi connectivity index (χ1v) is 11.7. The Morgan fingerprint density at radius 2 is 1.82 bits per heavy atom. The number of benzene rings is 2. The van der Waals surface area contributed by atoms with Crippen molar-refractivity contribution in [3.05, 3.63) is 53.6 Å². The van der Waals surface area contributed by atoms with Gasteiger partial charge in [0.15, 0.2) is 0 Å². The van der Waals surface area contributed by atoms with Gasteiger partial charge in [0.25, 0.3) is 0 Å². The van der Waals surface area contributed by atoms with E-state index in [9.17, 15) is 14.4 Å². The Bertz CT molecular complexity index is 1020. The summed E-state index contributed by atoms with van der Waals surface area (Å²) >= 11 is 0. The van der Waals surface area contributed by atoms with Crippen LogP contribution in [0.2, 0.25) is 0 Å². The fourth-order valence-electron chi connectivity index (χ4n) is 4.13. The van der Waals surface area contributed by atoms with Crippen LogP contribution in [0.3, 0.4) is 0 Å². The molecule has 0 saturated carbocycles. The molecule has 1 atom stereocenters. The van der Waals surface area contributed by atoms with E-state index < -0.39 is 6.09 Å². The number of carbonyl (C=O) groups is 3. The first-order valence-electron chi connectivity index (χ1n) is 11.7. The van der Waals surface area contributed by atoms with Gasteiger partial charge in [0.1, 0.15) is 0 Å². The Balaban J connectivity index is 1.88. The molecule has 0 radical (unpaired) electrons. The lowest BCUT2D eigenvalue weighted by molar-refractivity contribution is -0.120. The molecule has 0 aliphatic carbocycles. The molecule has 1 aliphatic heterocycles.